The number of hydrogen-bond donors (Lipinski definition) is 2. The molecule has 0 saturated carbocycles. The number of esters is 4. The minimum atomic E-state index is -1.92. The number of rotatable bonds is 28. The van der Waals surface area contributed by atoms with Gasteiger partial charge in [-0.25, -0.2) is 24.0 Å². The maximum absolute atomic E-state index is 14.8. The second-order valence-corrected chi connectivity index (χ2v) is 23.4. The molecule has 6 aromatic carbocycles. The summed E-state index contributed by atoms with van der Waals surface area (Å²) in [5, 5.41) is 18.8. The summed E-state index contributed by atoms with van der Waals surface area (Å²) in [5.41, 5.74) is 13.2. The van der Waals surface area contributed by atoms with Gasteiger partial charge in [0.25, 0.3) is 0 Å². The molecule has 5 heterocycles. The summed E-state index contributed by atoms with van der Waals surface area (Å²) < 4.78 is 109. The third-order valence-electron chi connectivity index (χ3n) is 17.1. The van der Waals surface area contributed by atoms with Crippen LogP contribution in [-0.2, 0) is 117 Å². The molecule has 0 spiro atoms. The number of carbonyl (C=O) groups is 5. The molecular formula is C71H76N4O23. The fourth-order valence-corrected chi connectivity index (χ4v) is 12.3. The first-order valence-corrected chi connectivity index (χ1v) is 31.9. The number of benzene rings is 6. The maximum Gasteiger partial charge on any atom is 0.408 e. The molecule has 5 fully saturated rings. The number of ether oxygens (including phenoxy) is 17. The molecule has 6 aromatic rings. The highest BCUT2D eigenvalue weighted by Crippen LogP contribution is 2.41. The molecule has 1 amide bonds. The van der Waals surface area contributed by atoms with Gasteiger partial charge in [-0.3, -0.25) is 0 Å². The molecule has 0 bridgehead atoms. The summed E-state index contributed by atoms with van der Waals surface area (Å²) in [6.07, 6.45) is -28.2. The molecule has 8 unspecified atom stereocenters. The number of azide groups is 1. The van der Waals surface area contributed by atoms with E-state index in [0.717, 1.165) is 25.3 Å². The van der Waals surface area contributed by atoms with Gasteiger partial charge in [0.1, 0.15) is 73.6 Å². The largest absolute Gasteiger partial charge is 0.467 e. The van der Waals surface area contributed by atoms with Crippen LogP contribution in [0.4, 0.5) is 4.79 Å². The molecule has 11 rings (SSSR count). The number of fused-ring (bicyclic) bond motifs is 1. The van der Waals surface area contributed by atoms with E-state index in [1.807, 2.05) is 66.7 Å². The van der Waals surface area contributed by atoms with Crippen LogP contribution in [0, 0.1) is 0 Å². The van der Waals surface area contributed by atoms with Gasteiger partial charge in [0.05, 0.1) is 57.9 Å². The van der Waals surface area contributed by atoms with Crippen LogP contribution in [-0.4, -0.2) is 186 Å². The molecule has 27 heteroatoms. The van der Waals surface area contributed by atoms with Gasteiger partial charge in [-0.1, -0.05) is 170 Å². The van der Waals surface area contributed by atoms with Gasteiger partial charge < -0.3 is 90.9 Å². The number of aliphatic hydroxyl groups is 1. The van der Waals surface area contributed by atoms with Gasteiger partial charge in [0, 0.05) is 12.0 Å². The average molecular weight is 1350 g/mol. The smallest absolute Gasteiger partial charge is 0.408 e. The Bertz CT molecular complexity index is 3590. The van der Waals surface area contributed by atoms with E-state index in [4.69, 9.17) is 80.5 Å². The lowest BCUT2D eigenvalue weighted by Crippen LogP contribution is -2.69. The van der Waals surface area contributed by atoms with Crippen molar-refractivity contribution >= 4 is 30.0 Å². The maximum atomic E-state index is 14.8. The molecule has 5 aliphatic rings. The highest BCUT2D eigenvalue weighted by Gasteiger charge is 2.62. The summed E-state index contributed by atoms with van der Waals surface area (Å²) in [6, 6.07) is 49.7. The van der Waals surface area contributed by atoms with Crippen molar-refractivity contribution in [2.45, 2.75) is 162 Å². The average Bonchev–Trinajstić information content (AvgIpc) is 0.887. The van der Waals surface area contributed by atoms with Crippen molar-refractivity contribution in [2.75, 3.05) is 27.9 Å². The predicted octanol–water partition coefficient (Wildman–Crippen LogP) is 7.39. The van der Waals surface area contributed by atoms with Gasteiger partial charge in [-0.05, 0) is 58.5 Å². The number of aliphatic hydroxyl groups excluding tert-OH is 1. The number of hydrogen-bond acceptors (Lipinski definition) is 24. The fraction of sp³-hybridized carbons (Fsp3) is 0.423. The summed E-state index contributed by atoms with van der Waals surface area (Å²) in [6.45, 7) is 0.806. The molecular weight excluding hydrogens is 1280 g/mol. The van der Waals surface area contributed by atoms with E-state index >= 15 is 0 Å². The summed E-state index contributed by atoms with van der Waals surface area (Å²) in [5.74, 6) is -3.67. The Morgan fingerprint density at radius 2 is 0.949 bits per heavy atom. The van der Waals surface area contributed by atoms with Crippen molar-refractivity contribution in [1.82, 2.24) is 5.32 Å². The highest BCUT2D eigenvalue weighted by molar-refractivity contribution is 5.90. The number of nitrogens with zero attached hydrogens (tertiary/aromatic N) is 3. The predicted molar refractivity (Wildman–Crippen MR) is 339 cm³/mol. The Labute approximate surface area is 564 Å². The molecule has 5 saturated heterocycles. The molecule has 0 aliphatic carbocycles. The molecule has 98 heavy (non-hydrogen) atoms. The van der Waals surface area contributed by atoms with Crippen LogP contribution >= 0.6 is 0 Å². The quantitative estimate of drug-likeness (QED) is 0.0159. The molecule has 2 N–H and O–H groups in total. The van der Waals surface area contributed by atoms with Crippen molar-refractivity contribution in [3.05, 3.63) is 226 Å². The van der Waals surface area contributed by atoms with E-state index in [2.05, 4.69) is 15.3 Å². The van der Waals surface area contributed by atoms with Crippen LogP contribution in [0.1, 0.15) is 56.3 Å². The number of methoxy groups -OCH3 is 3. The molecule has 518 valence electrons. The number of alkyl carbamates (subject to hydrolysis) is 1. The van der Waals surface area contributed by atoms with Crippen LogP contribution in [0.25, 0.3) is 10.4 Å². The van der Waals surface area contributed by atoms with E-state index in [-0.39, 0.29) is 44.0 Å². The van der Waals surface area contributed by atoms with Gasteiger partial charge in [0.15, 0.2) is 49.6 Å². The van der Waals surface area contributed by atoms with Gasteiger partial charge in [-0.15, -0.1) is 0 Å². The van der Waals surface area contributed by atoms with E-state index in [0.29, 0.717) is 11.1 Å². The van der Waals surface area contributed by atoms with Crippen molar-refractivity contribution in [2.24, 2.45) is 5.11 Å². The Hall–Kier alpha value is -8.74. The number of amides is 1. The first-order chi connectivity index (χ1) is 47.9. The van der Waals surface area contributed by atoms with Crippen LogP contribution in [0.15, 0.2) is 187 Å². The number of nitrogens with one attached hydrogen (secondary N) is 1. The topological polar surface area (TPSA) is 323 Å². The Balaban J connectivity index is 0.965. The highest BCUT2D eigenvalue weighted by atomic mass is 16.8. The lowest BCUT2D eigenvalue weighted by Gasteiger charge is -2.50. The van der Waals surface area contributed by atoms with E-state index in [1.165, 1.54) is 19.2 Å². The second-order valence-electron chi connectivity index (χ2n) is 23.4. The first-order valence-electron chi connectivity index (χ1n) is 31.9. The van der Waals surface area contributed by atoms with Crippen molar-refractivity contribution in [1.29, 1.82) is 0 Å². The SMILES string of the molecule is CCC1O[C@H](O[C@H]2C(C(=O)OC)O[C@@H](O[C@@H]3C(COC(=O)c4ccccc4)O[C@H](OC)C(N=[N+]=[N-])[C@@H]3OCc3ccccc3)C(OC(=O)c3ccccc3)[C@@H]2OCc2ccccc2)C2NC(=O)O[C@H]2[C@@H]1O[C@@H]1OC(C(=O)OC)[C@@H](O)[C@@H](OCc2ccccc2)C1OCc1ccccc1. The van der Waals surface area contributed by atoms with E-state index < -0.39 is 159 Å². The minimum absolute atomic E-state index is 0.0331. The Morgan fingerprint density at radius 1 is 0.500 bits per heavy atom. The summed E-state index contributed by atoms with van der Waals surface area (Å²) >= 11 is 0. The lowest BCUT2D eigenvalue weighted by atomic mass is 9.93. The molecule has 5 aliphatic heterocycles. The second kappa shape index (κ2) is 34.2. The minimum Gasteiger partial charge on any atom is -0.467 e. The summed E-state index contributed by atoms with van der Waals surface area (Å²) in [4.78, 5) is 73.9. The van der Waals surface area contributed by atoms with Gasteiger partial charge in [-0.2, -0.15) is 0 Å². The van der Waals surface area contributed by atoms with Crippen LogP contribution in [0.3, 0.4) is 0 Å². The zero-order valence-corrected chi connectivity index (χ0v) is 53.9. The Morgan fingerprint density at radius 3 is 1.47 bits per heavy atom. The zero-order chi connectivity index (χ0) is 68.5. The number of carbonyl (C=O) groups excluding carboxylic acids is 5. The zero-order valence-electron chi connectivity index (χ0n) is 53.9. The Kier molecular flexibility index (Phi) is 24.6. The van der Waals surface area contributed by atoms with Gasteiger partial charge in [0.2, 0.25) is 0 Å². The van der Waals surface area contributed by atoms with Crippen LogP contribution in [0.2, 0.25) is 0 Å². The van der Waals surface area contributed by atoms with Crippen molar-refractivity contribution < 1.29 is 110 Å². The molecule has 27 nitrogen and oxygen atoms in total. The van der Waals surface area contributed by atoms with Crippen molar-refractivity contribution in [3.8, 4) is 0 Å². The third-order valence-corrected chi connectivity index (χ3v) is 17.1. The van der Waals surface area contributed by atoms with Crippen LogP contribution in [0.5, 0.6) is 0 Å². The molecule has 20 atom stereocenters. The van der Waals surface area contributed by atoms with E-state index in [9.17, 15) is 34.6 Å². The fourth-order valence-electron chi connectivity index (χ4n) is 12.3. The standard InChI is InChI=1S/C71H76N4O23/c1-5-47-52(93-69-61(88-39-44-30-18-9-19-31-44)56(51(76)57(95-69)65(79)82-2)86-37-42-26-14-7-15-27-42)55-49(73-71(81)98-55)68(90-47)96-59-58(87-38-43-28-16-8-17-29-43)62(92-64(78)46-34-22-11-23-35-46)70(97-60(59)66(80)83-3)94-53-48(40-89-63(77)45-32-20-10-21-33-45)91-67(84-4)50(74-75-72)54(53)85-36-41-24-12-6-13-25-41/h6-35,47-62,67-70,76H,5,36-40H2,1-4H3,(H,73,81)/t47?,48?,49?,50?,51-,52+,53+,54-,55+,56+,57?,58+,59+,60?,61?,62?,67-,68+,69+,70+/m0/s1. The molecule has 0 aromatic heterocycles. The summed E-state index contributed by atoms with van der Waals surface area (Å²) in [7, 11) is 3.56. The molecule has 0 radical (unpaired) electrons. The lowest BCUT2D eigenvalue weighted by molar-refractivity contribution is -0.373. The third kappa shape index (κ3) is 17.0. The van der Waals surface area contributed by atoms with Crippen molar-refractivity contribution in [3.63, 3.8) is 0 Å². The normalized spacial score (nSPS) is 30.4. The monoisotopic (exact) mass is 1350 g/mol. The van der Waals surface area contributed by atoms with Gasteiger partial charge >= 0.3 is 30.0 Å². The first kappa shape index (κ1) is 70.6. The van der Waals surface area contributed by atoms with E-state index in [1.54, 1.807) is 110 Å². The van der Waals surface area contributed by atoms with Crippen LogP contribution < -0.4 is 5.32 Å².